The van der Waals surface area contributed by atoms with E-state index in [1.807, 2.05) is 13.0 Å². The highest BCUT2D eigenvalue weighted by molar-refractivity contribution is 5.85. The summed E-state index contributed by atoms with van der Waals surface area (Å²) in [5.41, 5.74) is -0.239. The average molecular weight is 461 g/mol. The molecule has 2 aromatic rings. The molecule has 176 valence electrons. The smallest absolute Gasteiger partial charge is 0.328 e. The lowest BCUT2D eigenvalue weighted by Crippen LogP contribution is -2.48. The molecule has 2 heterocycles. The number of ether oxygens (including phenoxy) is 2. The summed E-state index contributed by atoms with van der Waals surface area (Å²) in [5, 5.41) is 8.81. The Hall–Kier alpha value is -3.00. The predicted molar refractivity (Wildman–Crippen MR) is 117 cm³/mol. The van der Waals surface area contributed by atoms with E-state index in [2.05, 4.69) is 0 Å². The van der Waals surface area contributed by atoms with Gasteiger partial charge < -0.3 is 14.6 Å². The van der Waals surface area contributed by atoms with Crippen LogP contribution in [-0.4, -0.2) is 47.4 Å². The van der Waals surface area contributed by atoms with Gasteiger partial charge in [0.15, 0.2) is 11.5 Å². The monoisotopic (exact) mass is 461 g/mol. The summed E-state index contributed by atoms with van der Waals surface area (Å²) in [7, 11) is 0. The number of nitrogens with zero attached hydrogens (tertiary/aromatic N) is 1. The number of benzene rings is 2. The number of carboxylic acids is 1. The van der Waals surface area contributed by atoms with Gasteiger partial charge in [0.2, 0.25) is 0 Å². The van der Waals surface area contributed by atoms with Crippen molar-refractivity contribution in [3.63, 3.8) is 0 Å². The minimum Gasteiger partial charge on any atom is -0.486 e. The number of carboxylic acid groups (broad SMARTS) is 1. The summed E-state index contributed by atoms with van der Waals surface area (Å²) < 4.78 is 56.9. The first kappa shape index (κ1) is 23.2. The fraction of sp³-hybridized carbons (Fsp3) is 0.400. The molecule has 0 saturated carbocycles. The van der Waals surface area contributed by atoms with E-state index in [4.69, 9.17) is 14.6 Å². The number of rotatable bonds is 5. The van der Waals surface area contributed by atoms with Crippen LogP contribution in [0.25, 0.3) is 6.08 Å². The average Bonchev–Trinajstić information content (AvgIpc) is 2.71. The van der Waals surface area contributed by atoms with Gasteiger partial charge in [-0.05, 0) is 74.2 Å². The van der Waals surface area contributed by atoms with Gasteiger partial charge in [0.25, 0.3) is 0 Å². The zero-order valence-corrected chi connectivity index (χ0v) is 18.7. The molecule has 0 unspecified atom stereocenters. The maximum Gasteiger partial charge on any atom is 0.328 e. The van der Waals surface area contributed by atoms with Crippen molar-refractivity contribution in [1.29, 1.82) is 0 Å². The van der Waals surface area contributed by atoms with Crippen molar-refractivity contribution in [3.05, 3.63) is 64.2 Å². The molecule has 8 heteroatoms. The van der Waals surface area contributed by atoms with E-state index < -0.39 is 29.3 Å². The van der Waals surface area contributed by atoms with Crippen molar-refractivity contribution in [2.75, 3.05) is 19.8 Å². The summed E-state index contributed by atoms with van der Waals surface area (Å²) >= 11 is 0. The first-order valence-electron chi connectivity index (χ1n) is 10.8. The lowest BCUT2D eigenvalue weighted by molar-refractivity contribution is -0.131. The number of aliphatic carboxylic acids is 1. The first-order chi connectivity index (χ1) is 15.5. The van der Waals surface area contributed by atoms with Crippen molar-refractivity contribution < 1.29 is 32.5 Å². The summed E-state index contributed by atoms with van der Waals surface area (Å²) in [6, 6.07) is 4.65. The zero-order valence-electron chi connectivity index (χ0n) is 18.7. The number of fused-ring (bicyclic) bond motifs is 2. The molecule has 1 N–H and O–H groups in total. The van der Waals surface area contributed by atoms with Crippen LogP contribution in [0.2, 0.25) is 0 Å². The second-order valence-electron chi connectivity index (χ2n) is 9.11. The van der Waals surface area contributed by atoms with E-state index in [0.717, 1.165) is 29.8 Å². The SMILES string of the molecule is C[C@@H]1Cc2cc3c(cc2[C@@H](c2c(F)cc(/C=C/C(=O)O)cc2F)N1CC(C)(C)F)OCCO3. The third-order valence-electron chi connectivity index (χ3n) is 5.86. The Kier molecular flexibility index (Phi) is 6.14. The largest absolute Gasteiger partial charge is 0.486 e. The van der Waals surface area contributed by atoms with Gasteiger partial charge in [0, 0.05) is 24.2 Å². The predicted octanol–water partition coefficient (Wildman–Crippen LogP) is 4.92. The summed E-state index contributed by atoms with van der Waals surface area (Å²) in [6.07, 6.45) is 2.49. The van der Waals surface area contributed by atoms with Gasteiger partial charge in [-0.15, -0.1) is 0 Å². The molecule has 0 aliphatic carbocycles. The van der Waals surface area contributed by atoms with Crippen molar-refractivity contribution in [1.82, 2.24) is 4.90 Å². The quantitative estimate of drug-likeness (QED) is 0.641. The number of hydrogen-bond acceptors (Lipinski definition) is 4. The normalized spacial score (nSPS) is 20.7. The topological polar surface area (TPSA) is 59.0 Å². The third kappa shape index (κ3) is 4.85. The minimum absolute atomic E-state index is 0.0355. The fourth-order valence-corrected chi connectivity index (χ4v) is 4.58. The Balaban J connectivity index is 1.88. The van der Waals surface area contributed by atoms with Crippen LogP contribution in [0, 0.1) is 11.6 Å². The van der Waals surface area contributed by atoms with Crippen LogP contribution >= 0.6 is 0 Å². The molecular formula is C25H26F3NO4. The highest BCUT2D eigenvalue weighted by atomic mass is 19.1. The molecule has 0 bridgehead atoms. The Bertz CT molecular complexity index is 1090. The molecule has 2 atom stereocenters. The van der Waals surface area contributed by atoms with E-state index in [0.29, 0.717) is 36.7 Å². The van der Waals surface area contributed by atoms with E-state index in [1.165, 1.54) is 13.8 Å². The van der Waals surface area contributed by atoms with Gasteiger partial charge in [-0.2, -0.15) is 0 Å². The van der Waals surface area contributed by atoms with Gasteiger partial charge in [0.05, 0.1) is 6.04 Å². The van der Waals surface area contributed by atoms with Crippen LogP contribution in [0.4, 0.5) is 13.2 Å². The molecule has 2 aromatic carbocycles. The Morgan fingerprint density at radius 3 is 2.33 bits per heavy atom. The highest BCUT2D eigenvalue weighted by Gasteiger charge is 2.40. The van der Waals surface area contributed by atoms with Crippen LogP contribution in [0.5, 0.6) is 11.5 Å². The second kappa shape index (κ2) is 8.74. The fourth-order valence-electron chi connectivity index (χ4n) is 4.58. The zero-order chi connectivity index (χ0) is 23.9. The van der Waals surface area contributed by atoms with Gasteiger partial charge in [-0.1, -0.05) is 0 Å². The van der Waals surface area contributed by atoms with Crippen molar-refractivity contribution >= 4 is 12.0 Å². The second-order valence-corrected chi connectivity index (χ2v) is 9.11. The van der Waals surface area contributed by atoms with Crippen molar-refractivity contribution in [2.24, 2.45) is 0 Å². The molecule has 2 aliphatic rings. The lowest BCUT2D eigenvalue weighted by atomic mass is 9.83. The molecule has 0 spiro atoms. The lowest BCUT2D eigenvalue weighted by Gasteiger charge is -2.44. The van der Waals surface area contributed by atoms with E-state index in [-0.39, 0.29) is 23.7 Å². The van der Waals surface area contributed by atoms with Crippen molar-refractivity contribution in [3.8, 4) is 11.5 Å². The third-order valence-corrected chi connectivity index (χ3v) is 5.86. The van der Waals surface area contributed by atoms with Gasteiger partial charge in [-0.25, -0.2) is 18.0 Å². The van der Waals surface area contributed by atoms with Gasteiger partial charge >= 0.3 is 5.97 Å². The maximum atomic E-state index is 15.4. The van der Waals surface area contributed by atoms with Crippen LogP contribution in [0.15, 0.2) is 30.3 Å². The highest BCUT2D eigenvalue weighted by Crippen LogP contribution is 2.45. The summed E-state index contributed by atoms with van der Waals surface area (Å²) in [6.45, 7) is 5.51. The first-order valence-corrected chi connectivity index (χ1v) is 10.8. The van der Waals surface area contributed by atoms with Crippen LogP contribution in [0.3, 0.4) is 0 Å². The number of alkyl halides is 1. The van der Waals surface area contributed by atoms with Crippen molar-refractivity contribution in [2.45, 2.75) is 44.9 Å². The molecule has 0 saturated heterocycles. The molecule has 2 aliphatic heterocycles. The summed E-state index contributed by atoms with van der Waals surface area (Å²) in [4.78, 5) is 12.6. The van der Waals surface area contributed by atoms with Gasteiger partial charge in [0.1, 0.15) is 30.5 Å². The molecular weight excluding hydrogens is 435 g/mol. The molecule has 33 heavy (non-hydrogen) atoms. The van der Waals surface area contributed by atoms with Crippen LogP contribution in [-0.2, 0) is 11.2 Å². The van der Waals surface area contributed by atoms with Crippen LogP contribution < -0.4 is 9.47 Å². The molecule has 5 nitrogen and oxygen atoms in total. The molecule has 0 fully saturated rings. The van der Waals surface area contributed by atoms with E-state index >= 15 is 8.78 Å². The summed E-state index contributed by atoms with van der Waals surface area (Å²) in [5.74, 6) is -1.82. The van der Waals surface area contributed by atoms with E-state index in [1.54, 1.807) is 11.0 Å². The molecule has 4 rings (SSSR count). The molecule has 0 radical (unpaired) electrons. The molecule has 0 amide bonds. The minimum atomic E-state index is -1.60. The number of hydrogen-bond donors (Lipinski definition) is 1. The number of carbonyl (C=O) groups is 1. The number of halogens is 3. The standard InChI is InChI=1S/C25H26F3NO4/c1-14-8-16-11-20-21(33-7-6-32-20)12-17(16)24(29(14)13-25(2,3)28)23-18(26)9-15(10-19(23)27)4-5-22(30)31/h4-5,9-12,14,24H,6-8,13H2,1-3H3,(H,30,31)/b5-4+/t14-,24+/m1/s1. The molecule has 0 aromatic heterocycles. The van der Waals surface area contributed by atoms with Crippen LogP contribution in [0.1, 0.15) is 49.1 Å². The maximum absolute atomic E-state index is 15.4. The Morgan fingerprint density at radius 1 is 1.15 bits per heavy atom. The Labute approximate surface area is 190 Å². The van der Waals surface area contributed by atoms with E-state index in [9.17, 15) is 9.18 Å². The Morgan fingerprint density at radius 2 is 1.76 bits per heavy atom. The van der Waals surface area contributed by atoms with Gasteiger partial charge in [-0.3, -0.25) is 4.90 Å².